The number of likely N-dealkylation sites (tertiary alicyclic amines) is 1. The summed E-state index contributed by atoms with van der Waals surface area (Å²) >= 11 is 0. The van der Waals surface area contributed by atoms with Crippen molar-refractivity contribution < 1.29 is 14.4 Å². The number of rotatable bonds is 4. The number of hydrogen-bond donors (Lipinski definition) is 1. The Morgan fingerprint density at radius 2 is 1.79 bits per heavy atom. The van der Waals surface area contributed by atoms with E-state index in [0.717, 1.165) is 30.6 Å². The first kappa shape index (κ1) is 19.2. The van der Waals surface area contributed by atoms with Gasteiger partial charge in [0.15, 0.2) is 0 Å². The summed E-state index contributed by atoms with van der Waals surface area (Å²) in [5, 5.41) is 2.94. The van der Waals surface area contributed by atoms with E-state index in [0.29, 0.717) is 31.6 Å². The molecule has 29 heavy (non-hydrogen) atoms. The van der Waals surface area contributed by atoms with Gasteiger partial charge >= 0.3 is 0 Å². The van der Waals surface area contributed by atoms with Gasteiger partial charge in [0.2, 0.25) is 11.8 Å². The maximum absolute atomic E-state index is 13.1. The summed E-state index contributed by atoms with van der Waals surface area (Å²) in [5.41, 5.74) is 2.10. The molecule has 2 aliphatic heterocycles. The molecule has 6 heteroatoms. The minimum atomic E-state index is -0.226. The molecular weight excluding hydrogens is 366 g/mol. The first-order valence-electron chi connectivity index (χ1n) is 10.2. The van der Waals surface area contributed by atoms with Gasteiger partial charge in [0.25, 0.3) is 5.91 Å². The monoisotopic (exact) mass is 391 g/mol. The van der Waals surface area contributed by atoms with E-state index in [9.17, 15) is 14.4 Å². The third-order valence-electron chi connectivity index (χ3n) is 5.60. The number of carbonyl (C=O) groups excluding carboxylic acids is 3. The van der Waals surface area contributed by atoms with Gasteiger partial charge in [-0.3, -0.25) is 14.4 Å². The molecule has 1 unspecified atom stereocenters. The average Bonchev–Trinajstić information content (AvgIpc) is 3.20. The van der Waals surface area contributed by atoms with Gasteiger partial charge in [-0.2, -0.15) is 0 Å². The second kappa shape index (κ2) is 8.47. The maximum Gasteiger partial charge on any atom is 0.253 e. The Bertz CT molecular complexity index is 913. The molecular formula is C23H25N3O3. The molecule has 4 rings (SSSR count). The summed E-state index contributed by atoms with van der Waals surface area (Å²) in [7, 11) is 0. The number of nitrogens with zero attached hydrogens (tertiary/aromatic N) is 2. The molecule has 6 nitrogen and oxygen atoms in total. The lowest BCUT2D eigenvalue weighted by molar-refractivity contribution is -0.121. The van der Waals surface area contributed by atoms with Gasteiger partial charge < -0.3 is 15.1 Å². The molecule has 2 heterocycles. The molecule has 2 fully saturated rings. The third-order valence-corrected chi connectivity index (χ3v) is 5.60. The van der Waals surface area contributed by atoms with E-state index in [1.54, 1.807) is 21.9 Å². The zero-order valence-electron chi connectivity index (χ0n) is 16.3. The number of benzene rings is 2. The number of anilines is 2. The molecule has 0 saturated carbocycles. The van der Waals surface area contributed by atoms with Crippen molar-refractivity contribution in [1.82, 2.24) is 4.90 Å². The third kappa shape index (κ3) is 4.31. The van der Waals surface area contributed by atoms with Crippen LogP contribution in [0, 0.1) is 5.92 Å². The molecule has 1 N–H and O–H groups in total. The van der Waals surface area contributed by atoms with Gasteiger partial charge in [0.1, 0.15) is 0 Å². The fourth-order valence-electron chi connectivity index (χ4n) is 4.05. The fraction of sp³-hybridized carbons (Fsp3) is 0.348. The van der Waals surface area contributed by atoms with Gasteiger partial charge in [0, 0.05) is 43.0 Å². The second-order valence-corrected chi connectivity index (χ2v) is 7.64. The molecule has 3 amide bonds. The highest BCUT2D eigenvalue weighted by molar-refractivity contribution is 5.99. The molecule has 1 atom stereocenters. The van der Waals surface area contributed by atoms with Crippen molar-refractivity contribution in [1.29, 1.82) is 0 Å². The number of hydrogen-bond acceptors (Lipinski definition) is 3. The lowest BCUT2D eigenvalue weighted by Gasteiger charge is -2.32. The van der Waals surface area contributed by atoms with Gasteiger partial charge in [-0.05, 0) is 49.6 Å². The zero-order valence-corrected chi connectivity index (χ0v) is 16.3. The molecule has 0 bridgehead atoms. The molecule has 0 spiro atoms. The highest BCUT2D eigenvalue weighted by Gasteiger charge is 2.29. The van der Waals surface area contributed by atoms with Gasteiger partial charge in [-0.15, -0.1) is 0 Å². The molecule has 0 radical (unpaired) electrons. The van der Waals surface area contributed by atoms with Crippen molar-refractivity contribution in [3.05, 3.63) is 60.2 Å². The lowest BCUT2D eigenvalue weighted by atomic mass is 9.96. The van der Waals surface area contributed by atoms with Crippen LogP contribution in [-0.4, -0.2) is 42.3 Å². The van der Waals surface area contributed by atoms with E-state index >= 15 is 0 Å². The SMILES string of the molecule is O=C(Nc1ccccc1)C1CCCN(C(=O)c2cccc(N3CCCC3=O)c2)C1. The molecule has 0 aromatic heterocycles. The minimum Gasteiger partial charge on any atom is -0.338 e. The van der Waals surface area contributed by atoms with E-state index in [2.05, 4.69) is 5.32 Å². The molecule has 2 saturated heterocycles. The van der Waals surface area contributed by atoms with Crippen LogP contribution in [0.1, 0.15) is 36.0 Å². The number of carbonyl (C=O) groups is 3. The highest BCUT2D eigenvalue weighted by Crippen LogP contribution is 2.25. The quantitative estimate of drug-likeness (QED) is 0.869. The standard InChI is InChI=1S/C23H25N3O3/c27-21-12-6-14-26(21)20-11-4-7-17(15-20)23(29)25-13-5-8-18(16-25)22(28)24-19-9-2-1-3-10-19/h1-4,7,9-11,15,18H,5-6,8,12-14,16H2,(H,24,28). The van der Waals surface area contributed by atoms with Gasteiger partial charge in [-0.1, -0.05) is 24.3 Å². The summed E-state index contributed by atoms with van der Waals surface area (Å²) in [6.45, 7) is 1.74. The summed E-state index contributed by atoms with van der Waals surface area (Å²) in [6.07, 6.45) is 2.97. The summed E-state index contributed by atoms with van der Waals surface area (Å²) in [6, 6.07) is 16.6. The van der Waals surface area contributed by atoms with Crippen molar-refractivity contribution >= 4 is 29.1 Å². The van der Waals surface area contributed by atoms with Crippen LogP contribution in [0.2, 0.25) is 0 Å². The number of para-hydroxylation sites is 1. The van der Waals surface area contributed by atoms with E-state index in [1.807, 2.05) is 42.5 Å². The minimum absolute atomic E-state index is 0.0508. The number of piperidine rings is 1. The molecule has 150 valence electrons. The van der Waals surface area contributed by atoms with Crippen LogP contribution in [0.25, 0.3) is 0 Å². The van der Waals surface area contributed by atoms with Crippen LogP contribution in [0.5, 0.6) is 0 Å². The van der Waals surface area contributed by atoms with Crippen molar-refractivity contribution in [3.63, 3.8) is 0 Å². The number of nitrogens with one attached hydrogen (secondary N) is 1. The van der Waals surface area contributed by atoms with E-state index in [-0.39, 0.29) is 23.6 Å². The Morgan fingerprint density at radius 1 is 0.966 bits per heavy atom. The van der Waals surface area contributed by atoms with Gasteiger partial charge in [-0.25, -0.2) is 0 Å². The van der Waals surface area contributed by atoms with Crippen molar-refractivity contribution in [2.45, 2.75) is 25.7 Å². The largest absolute Gasteiger partial charge is 0.338 e. The highest BCUT2D eigenvalue weighted by atomic mass is 16.2. The summed E-state index contributed by atoms with van der Waals surface area (Å²) in [4.78, 5) is 41.2. The van der Waals surface area contributed by atoms with Crippen LogP contribution in [0.3, 0.4) is 0 Å². The number of amides is 3. The Balaban J connectivity index is 1.43. The van der Waals surface area contributed by atoms with E-state index in [1.165, 1.54) is 0 Å². The Hall–Kier alpha value is -3.15. The van der Waals surface area contributed by atoms with Crippen LogP contribution >= 0.6 is 0 Å². The average molecular weight is 391 g/mol. The molecule has 2 aromatic rings. The first-order chi connectivity index (χ1) is 14.1. The van der Waals surface area contributed by atoms with Crippen LogP contribution in [-0.2, 0) is 9.59 Å². The Morgan fingerprint density at radius 3 is 2.55 bits per heavy atom. The second-order valence-electron chi connectivity index (χ2n) is 7.64. The topological polar surface area (TPSA) is 69.7 Å². The predicted octanol–water partition coefficient (Wildman–Crippen LogP) is 3.30. The smallest absolute Gasteiger partial charge is 0.253 e. The molecule has 2 aromatic carbocycles. The van der Waals surface area contributed by atoms with Crippen molar-refractivity contribution in [2.75, 3.05) is 29.9 Å². The zero-order chi connectivity index (χ0) is 20.2. The van der Waals surface area contributed by atoms with E-state index < -0.39 is 0 Å². The van der Waals surface area contributed by atoms with Gasteiger partial charge in [0.05, 0.1) is 5.92 Å². The van der Waals surface area contributed by atoms with E-state index in [4.69, 9.17) is 0 Å². The van der Waals surface area contributed by atoms with Crippen molar-refractivity contribution in [2.24, 2.45) is 5.92 Å². The van der Waals surface area contributed by atoms with Crippen LogP contribution in [0.4, 0.5) is 11.4 Å². The normalized spacial score (nSPS) is 19.3. The maximum atomic E-state index is 13.1. The summed E-state index contributed by atoms with van der Waals surface area (Å²) in [5.74, 6) is -0.262. The Kier molecular flexibility index (Phi) is 5.60. The molecule has 2 aliphatic rings. The fourth-order valence-corrected chi connectivity index (χ4v) is 4.05. The van der Waals surface area contributed by atoms with Crippen LogP contribution < -0.4 is 10.2 Å². The van der Waals surface area contributed by atoms with Crippen molar-refractivity contribution in [3.8, 4) is 0 Å². The summed E-state index contributed by atoms with van der Waals surface area (Å²) < 4.78 is 0. The first-order valence-corrected chi connectivity index (χ1v) is 10.2. The Labute approximate surface area is 170 Å². The molecule has 0 aliphatic carbocycles. The lowest BCUT2D eigenvalue weighted by Crippen LogP contribution is -2.43. The predicted molar refractivity (Wildman–Crippen MR) is 112 cm³/mol. The van der Waals surface area contributed by atoms with Crippen LogP contribution in [0.15, 0.2) is 54.6 Å².